The van der Waals surface area contributed by atoms with Crippen molar-refractivity contribution < 1.29 is 14.9 Å². The molecule has 0 aromatic rings. The molecule has 2 atom stereocenters. The minimum Gasteiger partial charge on any atom is -0.390 e. The average Bonchev–Trinajstić information content (AvgIpc) is 2.15. The van der Waals surface area contributed by atoms with Crippen LogP contribution in [0.4, 0.5) is 0 Å². The Bertz CT molecular complexity index is 135. The topological polar surface area (TPSA) is 65.0 Å². The van der Waals surface area contributed by atoms with Crippen LogP contribution in [0.1, 0.15) is 6.92 Å². The Morgan fingerprint density at radius 1 is 1.43 bits per heavy atom. The van der Waals surface area contributed by atoms with E-state index in [2.05, 4.69) is 5.32 Å². The van der Waals surface area contributed by atoms with E-state index >= 15 is 0 Å². The van der Waals surface area contributed by atoms with E-state index in [0.29, 0.717) is 13.1 Å². The van der Waals surface area contributed by atoms with Crippen molar-refractivity contribution in [2.45, 2.75) is 19.3 Å². The number of ether oxygens (including phenoxy) is 1. The number of nitrogens with one attached hydrogen (secondary N) is 1. The van der Waals surface area contributed by atoms with Gasteiger partial charge in [0, 0.05) is 20.2 Å². The number of hydrogen-bond acceptors (Lipinski definition) is 5. The van der Waals surface area contributed by atoms with Crippen LogP contribution in [-0.2, 0) is 4.74 Å². The maximum absolute atomic E-state index is 9.51. The lowest BCUT2D eigenvalue weighted by Gasteiger charge is -2.20. The van der Waals surface area contributed by atoms with Crippen LogP contribution >= 0.6 is 0 Å². The van der Waals surface area contributed by atoms with Gasteiger partial charge in [-0.1, -0.05) is 6.92 Å². The third-order valence-electron chi connectivity index (χ3n) is 1.98. The van der Waals surface area contributed by atoms with Crippen molar-refractivity contribution in [3.05, 3.63) is 0 Å². The van der Waals surface area contributed by atoms with Crippen molar-refractivity contribution in [3.8, 4) is 0 Å². The summed E-state index contributed by atoms with van der Waals surface area (Å²) in [6, 6.07) is 0. The number of aliphatic hydroxyl groups is 2. The molecule has 0 fully saturated rings. The van der Waals surface area contributed by atoms with Crippen LogP contribution in [-0.4, -0.2) is 67.8 Å². The van der Waals surface area contributed by atoms with Gasteiger partial charge in [-0.2, -0.15) is 0 Å². The second-order valence-electron chi connectivity index (χ2n) is 3.39. The summed E-state index contributed by atoms with van der Waals surface area (Å²) in [6.07, 6.45) is -1.17. The van der Waals surface area contributed by atoms with Crippen molar-refractivity contribution in [2.24, 2.45) is 0 Å². The van der Waals surface area contributed by atoms with Gasteiger partial charge in [-0.25, -0.2) is 0 Å². The predicted molar refractivity (Wildman–Crippen MR) is 55.1 cm³/mol. The number of nitrogens with zero attached hydrogens (tertiary/aromatic N) is 1. The van der Waals surface area contributed by atoms with Crippen LogP contribution < -0.4 is 5.32 Å². The lowest BCUT2D eigenvalue weighted by molar-refractivity contribution is 0.0288. The van der Waals surface area contributed by atoms with Crippen LogP contribution in [0.25, 0.3) is 0 Å². The molecule has 0 radical (unpaired) electrons. The monoisotopic (exact) mass is 206 g/mol. The predicted octanol–water partition coefficient (Wildman–Crippen LogP) is -1.15. The van der Waals surface area contributed by atoms with Gasteiger partial charge < -0.3 is 19.8 Å². The molecule has 5 heteroatoms. The van der Waals surface area contributed by atoms with E-state index < -0.39 is 12.3 Å². The van der Waals surface area contributed by atoms with Gasteiger partial charge in [0.1, 0.15) is 6.23 Å². The summed E-state index contributed by atoms with van der Waals surface area (Å²) in [5, 5.41) is 21.5. The highest BCUT2D eigenvalue weighted by Gasteiger charge is 2.09. The Kier molecular flexibility index (Phi) is 8.02. The van der Waals surface area contributed by atoms with Crippen molar-refractivity contribution in [1.82, 2.24) is 10.2 Å². The highest BCUT2D eigenvalue weighted by Crippen LogP contribution is 1.88. The fourth-order valence-electron chi connectivity index (χ4n) is 1.04. The zero-order valence-corrected chi connectivity index (χ0v) is 9.23. The van der Waals surface area contributed by atoms with Crippen molar-refractivity contribution >= 4 is 0 Å². The van der Waals surface area contributed by atoms with Crippen LogP contribution in [0.15, 0.2) is 0 Å². The summed E-state index contributed by atoms with van der Waals surface area (Å²) in [6.45, 7) is 4.13. The molecule has 5 nitrogen and oxygen atoms in total. The van der Waals surface area contributed by atoms with Crippen molar-refractivity contribution in [1.29, 1.82) is 0 Å². The van der Waals surface area contributed by atoms with Gasteiger partial charge in [-0.05, 0) is 13.6 Å². The number of hydrogen-bond donors (Lipinski definition) is 3. The van der Waals surface area contributed by atoms with Crippen LogP contribution in [0.5, 0.6) is 0 Å². The fourth-order valence-corrected chi connectivity index (χ4v) is 1.04. The van der Waals surface area contributed by atoms with Gasteiger partial charge in [-0.3, -0.25) is 5.32 Å². The van der Waals surface area contributed by atoms with Crippen LogP contribution in [0.3, 0.4) is 0 Å². The Morgan fingerprint density at radius 3 is 2.57 bits per heavy atom. The molecule has 0 heterocycles. The Morgan fingerprint density at radius 2 is 2.07 bits per heavy atom. The molecular formula is C9H22N2O3. The van der Waals surface area contributed by atoms with E-state index in [1.165, 1.54) is 7.11 Å². The maximum atomic E-state index is 9.51. The first kappa shape index (κ1) is 13.8. The van der Waals surface area contributed by atoms with E-state index in [1.807, 2.05) is 18.9 Å². The molecule has 0 aromatic carbocycles. The first-order valence-electron chi connectivity index (χ1n) is 4.87. The summed E-state index contributed by atoms with van der Waals surface area (Å²) in [7, 11) is 3.46. The molecule has 0 aliphatic rings. The quantitative estimate of drug-likeness (QED) is 0.438. The minimum atomic E-state index is -0.707. The average molecular weight is 206 g/mol. The van der Waals surface area contributed by atoms with Crippen molar-refractivity contribution in [2.75, 3.05) is 40.4 Å². The van der Waals surface area contributed by atoms with Gasteiger partial charge >= 0.3 is 0 Å². The van der Waals surface area contributed by atoms with E-state index in [0.717, 1.165) is 6.54 Å². The number of rotatable bonds is 8. The second-order valence-corrected chi connectivity index (χ2v) is 3.39. The smallest absolute Gasteiger partial charge is 0.128 e. The number of aliphatic hydroxyl groups excluding tert-OH is 2. The summed E-state index contributed by atoms with van der Waals surface area (Å²) < 4.78 is 4.73. The Hall–Kier alpha value is -0.200. The molecule has 86 valence electrons. The first-order chi connectivity index (χ1) is 6.60. The lowest BCUT2D eigenvalue weighted by atomic mass is 10.3. The largest absolute Gasteiger partial charge is 0.390 e. The molecule has 0 aliphatic heterocycles. The summed E-state index contributed by atoms with van der Waals surface area (Å²) in [4.78, 5) is 2.01. The summed E-state index contributed by atoms with van der Waals surface area (Å²) in [5.41, 5.74) is 0. The van der Waals surface area contributed by atoms with Gasteiger partial charge in [0.2, 0.25) is 0 Å². The molecule has 1 unspecified atom stereocenters. The number of methoxy groups -OCH3 is 1. The molecule has 0 spiro atoms. The highest BCUT2D eigenvalue weighted by molar-refractivity contribution is 4.64. The van der Waals surface area contributed by atoms with E-state index in [-0.39, 0.29) is 6.61 Å². The Labute approximate surface area is 85.7 Å². The van der Waals surface area contributed by atoms with Gasteiger partial charge in [0.15, 0.2) is 0 Å². The third-order valence-corrected chi connectivity index (χ3v) is 1.98. The summed E-state index contributed by atoms with van der Waals surface area (Å²) >= 11 is 0. The van der Waals surface area contributed by atoms with Crippen LogP contribution in [0, 0.1) is 0 Å². The molecule has 0 bridgehead atoms. The molecule has 3 N–H and O–H groups in total. The molecule has 0 saturated heterocycles. The molecule has 14 heavy (non-hydrogen) atoms. The fraction of sp³-hybridized carbons (Fsp3) is 1.00. The lowest BCUT2D eigenvalue weighted by Crippen LogP contribution is -2.42. The minimum absolute atomic E-state index is 0.232. The second kappa shape index (κ2) is 8.14. The van der Waals surface area contributed by atoms with Gasteiger partial charge in [-0.15, -0.1) is 0 Å². The van der Waals surface area contributed by atoms with Crippen LogP contribution in [0.2, 0.25) is 0 Å². The van der Waals surface area contributed by atoms with Gasteiger partial charge in [0.05, 0.1) is 12.7 Å². The van der Waals surface area contributed by atoms with Gasteiger partial charge in [0.25, 0.3) is 0 Å². The Balaban J connectivity index is 3.47. The first-order valence-corrected chi connectivity index (χ1v) is 4.87. The van der Waals surface area contributed by atoms with E-state index in [1.54, 1.807) is 0 Å². The standard InChI is InChI=1S/C9H22N2O3/c1-4-11(2)6-8(12)5-10-9(13)7-14-3/h8-10,12-13H,4-7H2,1-3H3/t8-,9?/m1/s1. The highest BCUT2D eigenvalue weighted by atomic mass is 16.5. The molecule has 0 amide bonds. The third kappa shape index (κ3) is 7.23. The molecule has 0 saturated carbocycles. The van der Waals surface area contributed by atoms with E-state index in [9.17, 15) is 10.2 Å². The molecule has 0 aliphatic carbocycles. The zero-order valence-electron chi connectivity index (χ0n) is 9.23. The SMILES string of the molecule is CCN(C)C[C@H](O)CNC(O)COC. The molecule has 0 aromatic heterocycles. The normalized spacial score (nSPS) is 15.9. The molecule has 0 rings (SSSR count). The summed E-state index contributed by atoms with van der Waals surface area (Å²) in [5.74, 6) is 0. The maximum Gasteiger partial charge on any atom is 0.128 e. The van der Waals surface area contributed by atoms with E-state index in [4.69, 9.17) is 4.74 Å². The number of likely N-dealkylation sites (N-methyl/N-ethyl adjacent to an activating group) is 1. The molecular weight excluding hydrogens is 184 g/mol. The van der Waals surface area contributed by atoms with Crippen molar-refractivity contribution in [3.63, 3.8) is 0 Å². The zero-order chi connectivity index (χ0) is 11.0.